The fourth-order valence-electron chi connectivity index (χ4n) is 1.54. The molecule has 0 unspecified atom stereocenters. The van der Waals surface area contributed by atoms with Crippen LogP contribution in [0.4, 0.5) is 0 Å². The monoisotopic (exact) mass is 282 g/mol. The van der Waals surface area contributed by atoms with Gasteiger partial charge < -0.3 is 5.73 Å². The molecule has 1 amide bonds. The van der Waals surface area contributed by atoms with E-state index in [0.717, 1.165) is 17.8 Å². The van der Waals surface area contributed by atoms with Crippen LogP contribution >= 0.6 is 11.5 Å². The third-order valence-corrected chi connectivity index (χ3v) is 4.94. The molecule has 5 nitrogen and oxygen atoms in total. The summed E-state index contributed by atoms with van der Waals surface area (Å²) in [4.78, 5) is 11.4. The molecule has 2 rings (SSSR count). The van der Waals surface area contributed by atoms with Crippen molar-refractivity contribution in [2.45, 2.75) is 4.21 Å². The zero-order chi connectivity index (χ0) is 13.3. The van der Waals surface area contributed by atoms with Gasteiger partial charge in [0.2, 0.25) is 0 Å². The lowest BCUT2D eigenvalue weighted by Crippen LogP contribution is -2.15. The Morgan fingerprint density at radius 1 is 1.28 bits per heavy atom. The number of carbonyl (C=O) groups is 1. The number of hydrogen-bond acceptors (Lipinski definition) is 5. The van der Waals surface area contributed by atoms with Crippen molar-refractivity contribution in [1.29, 1.82) is 0 Å². The molecule has 7 heteroatoms. The molecule has 1 aromatic carbocycles. The topological polar surface area (TPSA) is 90.1 Å². The van der Waals surface area contributed by atoms with Gasteiger partial charge >= 0.3 is 0 Å². The van der Waals surface area contributed by atoms with Gasteiger partial charge in [0.1, 0.15) is 0 Å². The predicted molar refractivity (Wildman–Crippen MR) is 69.2 cm³/mol. The summed E-state index contributed by atoms with van der Waals surface area (Å²) in [5.41, 5.74) is 6.20. The number of sulfone groups is 1. The van der Waals surface area contributed by atoms with E-state index in [1.54, 1.807) is 24.3 Å². The fourth-order valence-corrected chi connectivity index (χ4v) is 3.42. The first-order chi connectivity index (χ1) is 8.41. The quantitative estimate of drug-likeness (QED) is 0.919. The highest BCUT2D eigenvalue weighted by Crippen LogP contribution is 2.30. The zero-order valence-corrected chi connectivity index (χ0v) is 11.1. The van der Waals surface area contributed by atoms with Crippen LogP contribution in [0.25, 0.3) is 11.3 Å². The Morgan fingerprint density at radius 3 is 2.39 bits per heavy atom. The summed E-state index contributed by atoms with van der Waals surface area (Å²) in [5, 5.41) is 0. The van der Waals surface area contributed by atoms with Crippen LogP contribution < -0.4 is 5.73 Å². The second-order valence-corrected chi connectivity index (χ2v) is 6.68. The van der Waals surface area contributed by atoms with Gasteiger partial charge in [-0.2, -0.15) is 4.37 Å². The minimum atomic E-state index is -3.51. The summed E-state index contributed by atoms with van der Waals surface area (Å²) in [6, 6.07) is 8.86. The SMILES string of the molecule is CS(=O)(=O)c1snc(-c2ccccc2)c1C(N)=O. The number of aromatic nitrogens is 1. The molecule has 2 N–H and O–H groups in total. The first-order valence-corrected chi connectivity index (χ1v) is 7.62. The summed E-state index contributed by atoms with van der Waals surface area (Å²) in [7, 11) is -3.51. The lowest BCUT2D eigenvalue weighted by Gasteiger charge is -2.01. The van der Waals surface area contributed by atoms with E-state index in [1.807, 2.05) is 6.07 Å². The Labute approximate surface area is 108 Å². The highest BCUT2D eigenvalue weighted by Gasteiger charge is 2.25. The van der Waals surface area contributed by atoms with Crippen LogP contribution in [0, 0.1) is 0 Å². The standard InChI is InChI=1S/C11H10N2O3S2/c1-18(15,16)11-8(10(12)14)9(13-17-11)7-5-3-2-4-6-7/h2-6H,1H3,(H2,12,14). The van der Waals surface area contributed by atoms with Gasteiger partial charge in [-0.25, -0.2) is 8.42 Å². The molecule has 18 heavy (non-hydrogen) atoms. The highest BCUT2D eigenvalue weighted by atomic mass is 32.2. The van der Waals surface area contributed by atoms with Crippen LogP contribution in [0.1, 0.15) is 10.4 Å². The molecule has 0 atom stereocenters. The molecule has 1 heterocycles. The van der Waals surface area contributed by atoms with Crippen LogP contribution in [0.15, 0.2) is 34.5 Å². The Hall–Kier alpha value is -1.73. The van der Waals surface area contributed by atoms with Gasteiger partial charge in [-0.3, -0.25) is 4.79 Å². The molecule has 0 radical (unpaired) electrons. The second-order valence-electron chi connectivity index (χ2n) is 3.70. The number of amides is 1. The van der Waals surface area contributed by atoms with Crippen molar-refractivity contribution < 1.29 is 13.2 Å². The minimum Gasteiger partial charge on any atom is -0.365 e. The molecule has 1 aromatic heterocycles. The zero-order valence-electron chi connectivity index (χ0n) is 9.45. The van der Waals surface area contributed by atoms with Gasteiger partial charge in [0.15, 0.2) is 14.0 Å². The lowest BCUT2D eigenvalue weighted by atomic mass is 10.1. The predicted octanol–water partition coefficient (Wildman–Crippen LogP) is 1.31. The van der Waals surface area contributed by atoms with E-state index < -0.39 is 15.7 Å². The average Bonchev–Trinajstić information content (AvgIpc) is 2.74. The van der Waals surface area contributed by atoms with Crippen molar-refractivity contribution in [3.05, 3.63) is 35.9 Å². The van der Waals surface area contributed by atoms with Crippen molar-refractivity contribution in [1.82, 2.24) is 4.37 Å². The summed E-state index contributed by atoms with van der Waals surface area (Å²) < 4.78 is 27.1. The summed E-state index contributed by atoms with van der Waals surface area (Å²) in [6.07, 6.45) is 1.03. The summed E-state index contributed by atoms with van der Waals surface area (Å²) in [5.74, 6) is -0.789. The molecule has 0 saturated heterocycles. The number of primary amides is 1. The van der Waals surface area contributed by atoms with Gasteiger partial charge in [0.05, 0.1) is 11.3 Å². The fraction of sp³-hybridized carbons (Fsp3) is 0.0909. The van der Waals surface area contributed by atoms with E-state index in [4.69, 9.17) is 5.73 Å². The van der Waals surface area contributed by atoms with E-state index in [0.29, 0.717) is 11.3 Å². The number of nitrogens with zero attached hydrogens (tertiary/aromatic N) is 1. The van der Waals surface area contributed by atoms with E-state index in [2.05, 4.69) is 4.37 Å². The number of nitrogens with two attached hydrogens (primary N) is 1. The minimum absolute atomic E-state index is 0.0336. The average molecular weight is 282 g/mol. The van der Waals surface area contributed by atoms with E-state index in [1.165, 1.54) is 0 Å². The van der Waals surface area contributed by atoms with Gasteiger partial charge in [-0.05, 0) is 11.5 Å². The number of rotatable bonds is 3. The van der Waals surface area contributed by atoms with Crippen LogP contribution in [0.3, 0.4) is 0 Å². The Balaban J connectivity index is 2.72. The molecule has 94 valence electrons. The molecule has 0 aliphatic rings. The van der Waals surface area contributed by atoms with Crippen molar-refractivity contribution in [2.75, 3.05) is 6.26 Å². The molecule has 0 fully saturated rings. The molecular weight excluding hydrogens is 272 g/mol. The molecule has 2 aromatic rings. The van der Waals surface area contributed by atoms with E-state index >= 15 is 0 Å². The maximum absolute atomic E-state index is 11.6. The first kappa shape index (κ1) is 12.7. The van der Waals surface area contributed by atoms with Crippen LogP contribution in [0.5, 0.6) is 0 Å². The summed E-state index contributed by atoms with van der Waals surface area (Å²) >= 11 is 0.767. The molecule has 0 saturated carbocycles. The third kappa shape index (κ3) is 2.27. The van der Waals surface area contributed by atoms with Crippen molar-refractivity contribution >= 4 is 27.3 Å². The Bertz CT molecular complexity index is 690. The first-order valence-electron chi connectivity index (χ1n) is 4.96. The number of benzene rings is 1. The van der Waals surface area contributed by atoms with Crippen molar-refractivity contribution in [3.63, 3.8) is 0 Å². The van der Waals surface area contributed by atoms with Crippen molar-refractivity contribution in [3.8, 4) is 11.3 Å². The largest absolute Gasteiger partial charge is 0.365 e. The number of hydrogen-bond donors (Lipinski definition) is 1. The molecular formula is C11H10N2O3S2. The van der Waals surface area contributed by atoms with Crippen LogP contribution in [-0.2, 0) is 9.84 Å². The maximum atomic E-state index is 11.6. The Kier molecular flexibility index (Phi) is 3.18. The van der Waals surface area contributed by atoms with E-state index in [-0.39, 0.29) is 9.77 Å². The normalized spacial score (nSPS) is 11.4. The van der Waals surface area contributed by atoms with Crippen LogP contribution in [0.2, 0.25) is 0 Å². The van der Waals surface area contributed by atoms with Gasteiger partial charge in [-0.15, -0.1) is 0 Å². The smallest absolute Gasteiger partial charge is 0.253 e. The van der Waals surface area contributed by atoms with E-state index in [9.17, 15) is 13.2 Å². The van der Waals surface area contributed by atoms with Crippen molar-refractivity contribution in [2.24, 2.45) is 5.73 Å². The second kappa shape index (κ2) is 4.51. The van der Waals surface area contributed by atoms with Gasteiger partial charge in [0.25, 0.3) is 5.91 Å². The third-order valence-electron chi connectivity index (χ3n) is 2.29. The molecule has 0 bridgehead atoms. The van der Waals surface area contributed by atoms with Crippen LogP contribution in [-0.4, -0.2) is 25.0 Å². The Morgan fingerprint density at radius 2 is 1.89 bits per heavy atom. The number of carbonyl (C=O) groups excluding carboxylic acids is 1. The molecule has 0 aliphatic carbocycles. The molecule has 0 aliphatic heterocycles. The summed E-state index contributed by atoms with van der Waals surface area (Å²) in [6.45, 7) is 0. The maximum Gasteiger partial charge on any atom is 0.253 e. The van der Waals surface area contributed by atoms with Gasteiger partial charge in [0, 0.05) is 11.8 Å². The lowest BCUT2D eigenvalue weighted by molar-refractivity contribution is 0.0998. The molecule has 0 spiro atoms. The highest BCUT2D eigenvalue weighted by molar-refractivity contribution is 7.92. The van der Waals surface area contributed by atoms with Gasteiger partial charge in [-0.1, -0.05) is 30.3 Å².